The Bertz CT molecular complexity index is 1190. The highest BCUT2D eigenvalue weighted by molar-refractivity contribution is 6.30. The van der Waals surface area contributed by atoms with Crippen molar-refractivity contribution in [2.75, 3.05) is 36.0 Å². The minimum atomic E-state index is -0.180. The molecule has 0 atom stereocenters. The Labute approximate surface area is 199 Å². The van der Waals surface area contributed by atoms with E-state index in [0.29, 0.717) is 18.8 Å². The van der Waals surface area contributed by atoms with Crippen molar-refractivity contribution in [2.24, 2.45) is 0 Å². The average molecular weight is 463 g/mol. The molecule has 1 fully saturated rings. The molecular formula is C25H27ClN6O. The van der Waals surface area contributed by atoms with Crippen LogP contribution in [0.15, 0.2) is 49.1 Å². The highest BCUT2D eigenvalue weighted by Crippen LogP contribution is 2.43. The third-order valence-electron chi connectivity index (χ3n) is 6.69. The SMILES string of the molecule is Cc1cnc(C(=O)N2CCN(c3cncc(N4Cc5ccc(Cl)cc5C4(C)C)c3)CC2)cn1. The van der Waals surface area contributed by atoms with Crippen LogP contribution in [0.3, 0.4) is 0 Å². The van der Waals surface area contributed by atoms with E-state index in [4.69, 9.17) is 11.6 Å². The maximum atomic E-state index is 12.8. The number of nitrogens with zero attached hydrogens (tertiary/aromatic N) is 6. The first-order chi connectivity index (χ1) is 15.8. The zero-order valence-electron chi connectivity index (χ0n) is 19.1. The monoisotopic (exact) mass is 462 g/mol. The number of carbonyl (C=O) groups excluding carboxylic acids is 1. The molecule has 0 saturated carbocycles. The standard InChI is InChI=1S/C25H27ClN6O/c1-17-12-29-23(15-28-17)24(33)31-8-6-30(7-9-31)20-11-21(14-27-13-20)32-16-18-4-5-19(26)10-22(18)25(32,2)3/h4-5,10-15H,6-9,16H2,1-3H3. The lowest BCUT2D eigenvalue weighted by Gasteiger charge is -2.37. The van der Waals surface area contributed by atoms with Crippen molar-refractivity contribution in [1.82, 2.24) is 19.9 Å². The van der Waals surface area contributed by atoms with E-state index in [0.717, 1.165) is 41.7 Å². The molecule has 5 rings (SSSR count). The van der Waals surface area contributed by atoms with Gasteiger partial charge in [0.05, 0.1) is 41.2 Å². The van der Waals surface area contributed by atoms with Gasteiger partial charge in [-0.15, -0.1) is 0 Å². The van der Waals surface area contributed by atoms with Crippen molar-refractivity contribution >= 4 is 28.9 Å². The van der Waals surface area contributed by atoms with E-state index in [-0.39, 0.29) is 11.4 Å². The van der Waals surface area contributed by atoms with Gasteiger partial charge < -0.3 is 14.7 Å². The number of hydrogen-bond donors (Lipinski definition) is 0. The molecule has 8 heteroatoms. The largest absolute Gasteiger partial charge is 0.367 e. The van der Waals surface area contributed by atoms with Crippen molar-refractivity contribution in [3.05, 3.63) is 76.6 Å². The number of rotatable bonds is 3. The van der Waals surface area contributed by atoms with Crippen molar-refractivity contribution in [3.63, 3.8) is 0 Å². The number of aromatic nitrogens is 3. The Morgan fingerprint density at radius 1 is 0.970 bits per heavy atom. The van der Waals surface area contributed by atoms with Gasteiger partial charge in [-0.05, 0) is 50.1 Å². The Hall–Kier alpha value is -3.19. The second-order valence-electron chi connectivity index (χ2n) is 9.17. The number of carbonyl (C=O) groups is 1. The summed E-state index contributed by atoms with van der Waals surface area (Å²) in [4.78, 5) is 32.2. The third kappa shape index (κ3) is 4.02. The first-order valence-electron chi connectivity index (χ1n) is 11.2. The summed E-state index contributed by atoms with van der Waals surface area (Å²) >= 11 is 6.28. The van der Waals surface area contributed by atoms with Gasteiger partial charge in [-0.2, -0.15) is 0 Å². The molecule has 3 aromatic rings. The van der Waals surface area contributed by atoms with Crippen LogP contribution in [0, 0.1) is 6.92 Å². The van der Waals surface area contributed by atoms with Crippen LogP contribution in [0.4, 0.5) is 11.4 Å². The molecule has 4 heterocycles. The van der Waals surface area contributed by atoms with Crippen LogP contribution in [0.5, 0.6) is 0 Å². The Morgan fingerprint density at radius 3 is 2.45 bits per heavy atom. The van der Waals surface area contributed by atoms with Crippen LogP contribution in [0.2, 0.25) is 5.02 Å². The molecule has 0 bridgehead atoms. The van der Waals surface area contributed by atoms with Crippen LogP contribution in [0.25, 0.3) is 0 Å². The summed E-state index contributed by atoms with van der Waals surface area (Å²) in [5.74, 6) is -0.0655. The Kier molecular flexibility index (Phi) is 5.44. The number of benzene rings is 1. The summed E-state index contributed by atoms with van der Waals surface area (Å²) in [6.07, 6.45) is 7.02. The molecule has 2 aliphatic heterocycles. The molecule has 1 saturated heterocycles. The number of hydrogen-bond acceptors (Lipinski definition) is 6. The number of anilines is 2. The van der Waals surface area contributed by atoms with E-state index in [9.17, 15) is 4.79 Å². The van der Waals surface area contributed by atoms with Crippen LogP contribution in [-0.4, -0.2) is 51.9 Å². The molecular weight excluding hydrogens is 436 g/mol. The summed E-state index contributed by atoms with van der Waals surface area (Å²) in [6.45, 7) is 9.89. The zero-order chi connectivity index (χ0) is 23.2. The third-order valence-corrected chi connectivity index (χ3v) is 6.92. The van der Waals surface area contributed by atoms with Gasteiger partial charge in [-0.25, -0.2) is 4.98 Å². The van der Waals surface area contributed by atoms with Crippen molar-refractivity contribution in [1.29, 1.82) is 0 Å². The van der Waals surface area contributed by atoms with Crippen molar-refractivity contribution in [2.45, 2.75) is 32.9 Å². The van der Waals surface area contributed by atoms with E-state index >= 15 is 0 Å². The average Bonchev–Trinajstić information content (AvgIpc) is 3.09. The first-order valence-corrected chi connectivity index (χ1v) is 11.6. The van der Waals surface area contributed by atoms with Crippen LogP contribution >= 0.6 is 11.6 Å². The maximum absolute atomic E-state index is 12.8. The molecule has 0 N–H and O–H groups in total. The fourth-order valence-corrected chi connectivity index (χ4v) is 4.92. The van der Waals surface area contributed by atoms with Gasteiger partial charge in [0.1, 0.15) is 5.69 Å². The molecule has 1 amide bonds. The summed E-state index contributed by atoms with van der Waals surface area (Å²) < 4.78 is 0. The first kappa shape index (κ1) is 21.6. The van der Waals surface area contributed by atoms with Gasteiger partial charge in [0.15, 0.2) is 0 Å². The van der Waals surface area contributed by atoms with Gasteiger partial charge >= 0.3 is 0 Å². The fraction of sp³-hybridized carbons (Fsp3) is 0.360. The number of aryl methyl sites for hydroxylation is 1. The lowest BCUT2D eigenvalue weighted by molar-refractivity contribution is 0.0740. The van der Waals surface area contributed by atoms with Gasteiger partial charge in [-0.3, -0.25) is 14.8 Å². The molecule has 0 radical (unpaired) electrons. The topological polar surface area (TPSA) is 65.5 Å². The minimum Gasteiger partial charge on any atom is -0.367 e. The highest BCUT2D eigenvalue weighted by atomic mass is 35.5. The number of fused-ring (bicyclic) bond motifs is 1. The second kappa shape index (κ2) is 8.30. The molecule has 2 aromatic heterocycles. The predicted octanol–water partition coefficient (Wildman–Crippen LogP) is 4.05. The maximum Gasteiger partial charge on any atom is 0.274 e. The van der Waals surface area contributed by atoms with Gasteiger partial charge in [0.25, 0.3) is 5.91 Å². The predicted molar refractivity (Wildman–Crippen MR) is 130 cm³/mol. The fourth-order valence-electron chi connectivity index (χ4n) is 4.75. The summed E-state index contributed by atoms with van der Waals surface area (Å²) in [5.41, 5.74) is 5.72. The van der Waals surface area contributed by atoms with E-state index in [2.05, 4.69) is 56.8 Å². The molecule has 0 aliphatic carbocycles. The zero-order valence-corrected chi connectivity index (χ0v) is 19.9. The summed E-state index contributed by atoms with van der Waals surface area (Å²) in [5, 5.41) is 0.764. The molecule has 1 aromatic carbocycles. The number of pyridine rings is 1. The lowest BCUT2D eigenvalue weighted by atomic mass is 9.93. The Morgan fingerprint density at radius 2 is 1.73 bits per heavy atom. The lowest BCUT2D eigenvalue weighted by Crippen LogP contribution is -2.49. The quantitative estimate of drug-likeness (QED) is 0.585. The van der Waals surface area contributed by atoms with Gasteiger partial charge in [-0.1, -0.05) is 17.7 Å². The molecule has 2 aliphatic rings. The number of halogens is 1. The van der Waals surface area contributed by atoms with Crippen molar-refractivity contribution in [3.8, 4) is 0 Å². The van der Waals surface area contributed by atoms with Gasteiger partial charge in [0, 0.05) is 43.9 Å². The van der Waals surface area contributed by atoms with Crippen molar-refractivity contribution < 1.29 is 4.79 Å². The smallest absolute Gasteiger partial charge is 0.274 e. The van der Waals surface area contributed by atoms with E-state index in [1.165, 1.54) is 11.1 Å². The van der Waals surface area contributed by atoms with E-state index in [1.54, 1.807) is 12.4 Å². The van der Waals surface area contributed by atoms with E-state index in [1.807, 2.05) is 30.3 Å². The molecule has 7 nitrogen and oxygen atoms in total. The minimum absolute atomic E-state index is 0.0655. The van der Waals surface area contributed by atoms with Crippen LogP contribution < -0.4 is 9.80 Å². The second-order valence-corrected chi connectivity index (χ2v) is 9.61. The molecule has 33 heavy (non-hydrogen) atoms. The molecule has 170 valence electrons. The summed E-state index contributed by atoms with van der Waals surface area (Å²) in [6, 6.07) is 8.34. The number of piperazine rings is 1. The molecule has 0 unspecified atom stereocenters. The van der Waals surface area contributed by atoms with Crippen LogP contribution in [-0.2, 0) is 12.1 Å². The van der Waals surface area contributed by atoms with Crippen LogP contribution in [0.1, 0.15) is 41.2 Å². The van der Waals surface area contributed by atoms with Gasteiger partial charge in [0.2, 0.25) is 0 Å². The summed E-state index contributed by atoms with van der Waals surface area (Å²) in [7, 11) is 0. The van der Waals surface area contributed by atoms with E-state index < -0.39 is 0 Å². The normalized spacial score (nSPS) is 17.3. The molecule has 0 spiro atoms. The highest BCUT2D eigenvalue weighted by Gasteiger charge is 2.38. The Balaban J connectivity index is 1.30. The number of amides is 1.